The van der Waals surface area contributed by atoms with Gasteiger partial charge in [0.25, 0.3) is 0 Å². The Hall–Kier alpha value is -0.870. The highest BCUT2D eigenvalue weighted by atomic mass is 16.5. The molecule has 1 atom stereocenters. The highest BCUT2D eigenvalue weighted by Gasteiger charge is 2.15. The molecule has 1 unspecified atom stereocenters. The van der Waals surface area contributed by atoms with Gasteiger partial charge in [-0.2, -0.15) is 5.10 Å². The summed E-state index contributed by atoms with van der Waals surface area (Å²) in [6, 6.07) is 2.18. The third-order valence-corrected chi connectivity index (χ3v) is 2.13. The van der Waals surface area contributed by atoms with E-state index in [1.165, 1.54) is 0 Å². The maximum Gasteiger partial charge on any atom is 0.0876 e. The predicted molar refractivity (Wildman–Crippen MR) is 60.9 cm³/mol. The van der Waals surface area contributed by atoms with Crippen molar-refractivity contribution in [3.63, 3.8) is 0 Å². The summed E-state index contributed by atoms with van der Waals surface area (Å²) in [6.45, 7) is 7.99. The molecule has 0 spiro atoms. The van der Waals surface area contributed by atoms with Crippen LogP contribution in [0, 0.1) is 0 Å². The van der Waals surface area contributed by atoms with Crippen LogP contribution in [0.5, 0.6) is 0 Å². The standard InChI is InChI=1S/C11H21N3O/c1-11(2,3)12-8-10(9-15-4)14-7-5-6-13-14/h5-7,10,12H,8-9H2,1-4H3. The van der Waals surface area contributed by atoms with Gasteiger partial charge in [0.2, 0.25) is 0 Å². The summed E-state index contributed by atoms with van der Waals surface area (Å²) < 4.78 is 7.12. The lowest BCUT2D eigenvalue weighted by Gasteiger charge is -2.25. The van der Waals surface area contributed by atoms with Crippen LogP contribution < -0.4 is 5.32 Å². The molecule has 0 aliphatic rings. The first-order valence-electron chi connectivity index (χ1n) is 5.26. The van der Waals surface area contributed by atoms with Crippen molar-refractivity contribution >= 4 is 0 Å². The van der Waals surface area contributed by atoms with Gasteiger partial charge in [-0.3, -0.25) is 4.68 Å². The molecular weight excluding hydrogens is 190 g/mol. The fourth-order valence-electron chi connectivity index (χ4n) is 1.34. The van der Waals surface area contributed by atoms with Crippen molar-refractivity contribution in [2.24, 2.45) is 0 Å². The van der Waals surface area contributed by atoms with E-state index in [0.717, 1.165) is 6.54 Å². The first kappa shape index (κ1) is 12.2. The minimum atomic E-state index is 0.124. The number of nitrogens with zero attached hydrogens (tertiary/aromatic N) is 2. The zero-order valence-corrected chi connectivity index (χ0v) is 10.0. The van der Waals surface area contributed by atoms with Gasteiger partial charge in [0.1, 0.15) is 0 Å². The zero-order valence-electron chi connectivity index (χ0n) is 10.0. The average Bonchev–Trinajstić information content (AvgIpc) is 2.63. The third kappa shape index (κ3) is 4.44. The lowest BCUT2D eigenvalue weighted by molar-refractivity contribution is 0.144. The molecule has 1 aromatic heterocycles. The van der Waals surface area contributed by atoms with Crippen molar-refractivity contribution < 1.29 is 4.74 Å². The monoisotopic (exact) mass is 211 g/mol. The normalized spacial score (nSPS) is 14.1. The maximum absolute atomic E-state index is 5.19. The fraction of sp³-hybridized carbons (Fsp3) is 0.727. The summed E-state index contributed by atoms with van der Waals surface area (Å²) in [7, 11) is 1.72. The van der Waals surface area contributed by atoms with E-state index >= 15 is 0 Å². The van der Waals surface area contributed by atoms with E-state index in [-0.39, 0.29) is 11.6 Å². The van der Waals surface area contributed by atoms with Gasteiger partial charge in [-0.25, -0.2) is 0 Å². The molecule has 1 aromatic rings. The van der Waals surface area contributed by atoms with Crippen LogP contribution in [0.15, 0.2) is 18.5 Å². The number of hydrogen-bond donors (Lipinski definition) is 1. The van der Waals surface area contributed by atoms with Gasteiger partial charge in [0, 0.05) is 31.6 Å². The Labute approximate surface area is 91.6 Å². The maximum atomic E-state index is 5.19. The molecule has 0 aliphatic heterocycles. The van der Waals surface area contributed by atoms with E-state index in [1.54, 1.807) is 13.3 Å². The fourth-order valence-corrected chi connectivity index (χ4v) is 1.34. The lowest BCUT2D eigenvalue weighted by Crippen LogP contribution is -2.40. The van der Waals surface area contributed by atoms with Crippen LogP contribution in [0.25, 0.3) is 0 Å². The zero-order chi connectivity index (χ0) is 11.3. The van der Waals surface area contributed by atoms with Gasteiger partial charge < -0.3 is 10.1 Å². The molecule has 0 bridgehead atoms. The topological polar surface area (TPSA) is 39.1 Å². The van der Waals surface area contributed by atoms with E-state index < -0.39 is 0 Å². The first-order chi connectivity index (χ1) is 7.03. The number of nitrogens with one attached hydrogen (secondary N) is 1. The molecule has 0 aromatic carbocycles. The van der Waals surface area contributed by atoms with E-state index in [1.807, 2.05) is 16.9 Å². The van der Waals surface area contributed by atoms with Crippen LogP contribution >= 0.6 is 0 Å². The SMILES string of the molecule is COCC(CNC(C)(C)C)n1cccn1. The van der Waals surface area contributed by atoms with Gasteiger partial charge in [-0.05, 0) is 26.8 Å². The molecule has 0 radical (unpaired) electrons. The van der Waals surface area contributed by atoms with Crippen molar-refractivity contribution in [3.05, 3.63) is 18.5 Å². The van der Waals surface area contributed by atoms with E-state index in [4.69, 9.17) is 4.74 Å². The van der Waals surface area contributed by atoms with Crippen molar-refractivity contribution in [1.29, 1.82) is 0 Å². The third-order valence-electron chi connectivity index (χ3n) is 2.13. The Morgan fingerprint density at radius 1 is 1.47 bits per heavy atom. The first-order valence-corrected chi connectivity index (χ1v) is 5.26. The second kappa shape index (κ2) is 5.28. The molecule has 0 saturated heterocycles. The Morgan fingerprint density at radius 2 is 2.20 bits per heavy atom. The highest BCUT2D eigenvalue weighted by molar-refractivity contribution is 4.83. The van der Waals surface area contributed by atoms with Crippen LogP contribution in [0.2, 0.25) is 0 Å². The Kier molecular flexibility index (Phi) is 4.29. The van der Waals surface area contributed by atoms with Gasteiger partial charge in [0.05, 0.1) is 12.6 Å². The lowest BCUT2D eigenvalue weighted by atomic mass is 10.1. The smallest absolute Gasteiger partial charge is 0.0876 e. The highest BCUT2D eigenvalue weighted by Crippen LogP contribution is 2.07. The summed E-state index contributed by atoms with van der Waals surface area (Å²) >= 11 is 0. The van der Waals surface area contributed by atoms with Crippen LogP contribution in [0.3, 0.4) is 0 Å². The van der Waals surface area contributed by atoms with Crippen LogP contribution in [0.1, 0.15) is 26.8 Å². The molecule has 0 saturated carbocycles. The molecule has 0 aliphatic carbocycles. The van der Waals surface area contributed by atoms with E-state index in [9.17, 15) is 0 Å². The van der Waals surface area contributed by atoms with Crippen LogP contribution in [0.4, 0.5) is 0 Å². The molecule has 15 heavy (non-hydrogen) atoms. The van der Waals surface area contributed by atoms with Gasteiger partial charge in [0.15, 0.2) is 0 Å². The largest absolute Gasteiger partial charge is 0.382 e. The van der Waals surface area contributed by atoms with Gasteiger partial charge in [-0.1, -0.05) is 0 Å². The van der Waals surface area contributed by atoms with Crippen LogP contribution in [-0.2, 0) is 4.74 Å². The van der Waals surface area contributed by atoms with Gasteiger partial charge >= 0.3 is 0 Å². The predicted octanol–water partition coefficient (Wildman–Crippen LogP) is 1.46. The number of aromatic nitrogens is 2. The molecule has 1 rings (SSSR count). The minimum Gasteiger partial charge on any atom is -0.382 e. The number of hydrogen-bond acceptors (Lipinski definition) is 3. The van der Waals surface area contributed by atoms with Crippen LogP contribution in [-0.4, -0.2) is 35.6 Å². The Bertz CT molecular complexity index is 264. The second-order valence-corrected chi connectivity index (χ2v) is 4.73. The van der Waals surface area contributed by atoms with E-state index in [0.29, 0.717) is 6.61 Å². The molecule has 1 heterocycles. The molecule has 86 valence electrons. The van der Waals surface area contributed by atoms with E-state index in [2.05, 4.69) is 31.2 Å². The molecule has 0 amide bonds. The summed E-state index contributed by atoms with van der Waals surface area (Å²) in [4.78, 5) is 0. The molecule has 4 heteroatoms. The number of rotatable bonds is 5. The molecule has 1 N–H and O–H groups in total. The summed E-state index contributed by atoms with van der Waals surface area (Å²) in [5.74, 6) is 0. The minimum absolute atomic E-state index is 0.124. The van der Waals surface area contributed by atoms with Crippen molar-refractivity contribution in [1.82, 2.24) is 15.1 Å². The molecule has 0 fully saturated rings. The second-order valence-electron chi connectivity index (χ2n) is 4.73. The van der Waals surface area contributed by atoms with Crippen molar-refractivity contribution in [2.45, 2.75) is 32.4 Å². The Morgan fingerprint density at radius 3 is 2.67 bits per heavy atom. The van der Waals surface area contributed by atoms with Gasteiger partial charge in [-0.15, -0.1) is 0 Å². The molecular formula is C11H21N3O. The number of ether oxygens (including phenoxy) is 1. The summed E-state index contributed by atoms with van der Waals surface area (Å²) in [6.07, 6.45) is 3.76. The summed E-state index contributed by atoms with van der Waals surface area (Å²) in [5.41, 5.74) is 0.124. The average molecular weight is 211 g/mol. The molecule has 4 nitrogen and oxygen atoms in total. The van der Waals surface area contributed by atoms with Crippen molar-refractivity contribution in [2.75, 3.05) is 20.3 Å². The quantitative estimate of drug-likeness (QED) is 0.801. The van der Waals surface area contributed by atoms with Crippen molar-refractivity contribution in [3.8, 4) is 0 Å². The number of methoxy groups -OCH3 is 1. The summed E-state index contributed by atoms with van der Waals surface area (Å²) in [5, 5.41) is 7.69. The Balaban J connectivity index is 2.52.